The maximum atomic E-state index is 13.0. The molecule has 6 heteroatoms. The molecule has 0 atom stereocenters. The van der Waals surface area contributed by atoms with Crippen LogP contribution in [0.2, 0.25) is 0 Å². The highest BCUT2D eigenvalue weighted by Gasteiger charge is 2.33. The molecule has 1 amide bonds. The quantitative estimate of drug-likeness (QED) is 0.211. The number of likely N-dealkylation sites (N-methyl/N-ethyl adjacent to an activating group) is 1. The minimum Gasteiger partial charge on any atom is -0.419 e. The van der Waals surface area contributed by atoms with E-state index in [0.717, 1.165) is 28.9 Å². The Bertz CT molecular complexity index is 1420. The van der Waals surface area contributed by atoms with Crippen molar-refractivity contribution in [3.8, 4) is 0 Å². The lowest BCUT2D eigenvalue weighted by Crippen LogP contribution is -2.29. The van der Waals surface area contributed by atoms with Crippen molar-refractivity contribution in [1.29, 1.82) is 0 Å². The predicted molar refractivity (Wildman–Crippen MR) is 146 cm³/mol. The molecule has 1 aliphatic rings. The Kier molecular flexibility index (Phi) is 6.90. The lowest BCUT2D eigenvalue weighted by Gasteiger charge is -2.25. The van der Waals surface area contributed by atoms with Gasteiger partial charge in [0.15, 0.2) is 12.0 Å². The first-order chi connectivity index (χ1) is 18.2. The predicted octanol–water partition coefficient (Wildman–Crippen LogP) is 6.88. The van der Waals surface area contributed by atoms with E-state index in [9.17, 15) is 9.59 Å². The van der Waals surface area contributed by atoms with Gasteiger partial charge in [-0.05, 0) is 67.1 Å². The molecule has 1 fully saturated rings. The molecule has 0 aromatic heterocycles. The van der Waals surface area contributed by atoms with Gasteiger partial charge in [-0.15, -0.1) is 0 Å². The number of amidine groups is 1. The third-order valence-electron chi connectivity index (χ3n) is 5.96. The minimum absolute atomic E-state index is 0.156. The number of benzene rings is 4. The first-order valence-corrected chi connectivity index (χ1v) is 12.0. The summed E-state index contributed by atoms with van der Waals surface area (Å²) < 4.78 is 5.86. The van der Waals surface area contributed by atoms with Crippen molar-refractivity contribution in [3.05, 3.63) is 126 Å². The van der Waals surface area contributed by atoms with E-state index in [0.29, 0.717) is 17.8 Å². The highest BCUT2D eigenvalue weighted by Crippen LogP contribution is 2.34. The van der Waals surface area contributed by atoms with Gasteiger partial charge >= 0.3 is 6.02 Å². The Morgan fingerprint density at radius 2 is 1.35 bits per heavy atom. The number of rotatable bonds is 7. The van der Waals surface area contributed by atoms with Gasteiger partial charge in [0, 0.05) is 29.2 Å². The van der Waals surface area contributed by atoms with Crippen LogP contribution in [0, 0.1) is 0 Å². The van der Waals surface area contributed by atoms with Crippen molar-refractivity contribution in [2.24, 2.45) is 4.99 Å². The number of hydrogen-bond acceptors (Lipinski definition) is 5. The van der Waals surface area contributed by atoms with Crippen LogP contribution in [0.5, 0.6) is 0 Å². The molecule has 0 N–H and O–H groups in total. The van der Waals surface area contributed by atoms with E-state index in [1.165, 1.54) is 4.90 Å². The summed E-state index contributed by atoms with van der Waals surface area (Å²) in [7, 11) is 0. The zero-order valence-corrected chi connectivity index (χ0v) is 20.3. The molecule has 5 rings (SSSR count). The third-order valence-corrected chi connectivity index (χ3v) is 5.96. The number of aliphatic imine (C=N–C) groups is 1. The Labute approximate surface area is 215 Å². The molecule has 182 valence electrons. The van der Waals surface area contributed by atoms with Gasteiger partial charge < -0.3 is 9.64 Å². The summed E-state index contributed by atoms with van der Waals surface area (Å²) in [5.41, 5.74) is 4.77. The second kappa shape index (κ2) is 10.7. The van der Waals surface area contributed by atoms with Crippen LogP contribution in [0.15, 0.2) is 120 Å². The molecule has 0 saturated carbocycles. The first-order valence-electron chi connectivity index (χ1n) is 12.0. The largest absolute Gasteiger partial charge is 0.419 e. The van der Waals surface area contributed by atoms with Crippen molar-refractivity contribution >= 4 is 47.0 Å². The average molecular weight is 488 g/mol. The maximum Gasteiger partial charge on any atom is 0.305 e. The Hall–Kier alpha value is -4.97. The highest BCUT2D eigenvalue weighted by atomic mass is 16.5. The van der Waals surface area contributed by atoms with Gasteiger partial charge in [-0.2, -0.15) is 4.99 Å². The van der Waals surface area contributed by atoms with Crippen LogP contribution in [0.3, 0.4) is 0 Å². The summed E-state index contributed by atoms with van der Waals surface area (Å²) in [6, 6.07) is 35.3. The van der Waals surface area contributed by atoms with Gasteiger partial charge in [-0.1, -0.05) is 60.7 Å². The molecule has 0 aliphatic carbocycles. The summed E-state index contributed by atoms with van der Waals surface area (Å²) in [5, 5.41) is 0. The fraction of sp³-hybridized carbons (Fsp3) is 0.0645. The fourth-order valence-electron chi connectivity index (χ4n) is 4.13. The molecule has 0 spiro atoms. The zero-order valence-electron chi connectivity index (χ0n) is 20.3. The zero-order chi connectivity index (χ0) is 25.6. The standard InChI is InChI=1S/C31H25N3O3/c1-2-33-30(36)29(37-31(33)32-28-16-10-9-11-24(28)22-35)21-23-17-19-27(20-18-23)34(25-12-5-3-6-13-25)26-14-7-4-8-15-26/h3-22H,2H2,1H3/b29-21+,32-31-. The summed E-state index contributed by atoms with van der Waals surface area (Å²) in [6.07, 6.45) is 2.44. The first kappa shape index (κ1) is 23.8. The molecule has 0 bridgehead atoms. The van der Waals surface area contributed by atoms with Crippen molar-refractivity contribution < 1.29 is 14.3 Å². The van der Waals surface area contributed by atoms with Gasteiger partial charge in [0.25, 0.3) is 5.91 Å². The van der Waals surface area contributed by atoms with Gasteiger partial charge in [-0.3, -0.25) is 14.5 Å². The topological polar surface area (TPSA) is 62.2 Å². The van der Waals surface area contributed by atoms with Crippen molar-refractivity contribution in [3.63, 3.8) is 0 Å². The van der Waals surface area contributed by atoms with E-state index in [1.54, 1.807) is 30.3 Å². The number of nitrogens with zero attached hydrogens (tertiary/aromatic N) is 3. The second-order valence-electron chi connectivity index (χ2n) is 8.33. The molecular weight excluding hydrogens is 462 g/mol. The van der Waals surface area contributed by atoms with E-state index >= 15 is 0 Å². The number of carbonyl (C=O) groups excluding carboxylic acids is 2. The lowest BCUT2D eigenvalue weighted by molar-refractivity contribution is -0.122. The van der Waals surface area contributed by atoms with E-state index in [-0.39, 0.29) is 17.7 Å². The van der Waals surface area contributed by atoms with E-state index in [2.05, 4.69) is 34.2 Å². The number of aldehydes is 1. The molecule has 0 radical (unpaired) electrons. The average Bonchev–Trinajstić information content (AvgIpc) is 3.24. The molecule has 6 nitrogen and oxygen atoms in total. The molecule has 1 aliphatic heterocycles. The monoisotopic (exact) mass is 487 g/mol. The lowest BCUT2D eigenvalue weighted by atomic mass is 10.1. The number of anilines is 3. The van der Waals surface area contributed by atoms with Crippen LogP contribution in [-0.2, 0) is 9.53 Å². The normalized spacial score (nSPS) is 15.2. The van der Waals surface area contributed by atoms with Crippen LogP contribution >= 0.6 is 0 Å². The Balaban J connectivity index is 1.44. The summed E-state index contributed by atoms with van der Waals surface area (Å²) in [4.78, 5) is 32.5. The van der Waals surface area contributed by atoms with Crippen LogP contribution < -0.4 is 4.90 Å². The molecule has 0 unspecified atom stereocenters. The number of hydrogen-bond donors (Lipinski definition) is 0. The van der Waals surface area contributed by atoms with E-state index in [1.807, 2.05) is 67.6 Å². The van der Waals surface area contributed by atoms with Crippen molar-refractivity contribution in [2.75, 3.05) is 11.4 Å². The van der Waals surface area contributed by atoms with Crippen LogP contribution in [0.1, 0.15) is 22.8 Å². The summed E-state index contributed by atoms with van der Waals surface area (Å²) in [6.45, 7) is 2.24. The highest BCUT2D eigenvalue weighted by molar-refractivity contribution is 6.12. The van der Waals surface area contributed by atoms with Crippen LogP contribution in [0.25, 0.3) is 6.08 Å². The molecular formula is C31H25N3O3. The Morgan fingerprint density at radius 1 is 0.784 bits per heavy atom. The van der Waals surface area contributed by atoms with Gasteiger partial charge in [0.1, 0.15) is 0 Å². The van der Waals surface area contributed by atoms with Crippen LogP contribution in [-0.4, -0.2) is 29.7 Å². The van der Waals surface area contributed by atoms with Crippen molar-refractivity contribution in [2.45, 2.75) is 6.92 Å². The fourth-order valence-corrected chi connectivity index (χ4v) is 4.13. The number of carbonyl (C=O) groups is 2. The number of amides is 1. The Morgan fingerprint density at radius 3 is 1.95 bits per heavy atom. The molecule has 37 heavy (non-hydrogen) atoms. The second-order valence-corrected chi connectivity index (χ2v) is 8.33. The van der Waals surface area contributed by atoms with Gasteiger partial charge in [-0.25, -0.2) is 0 Å². The number of ether oxygens (including phenoxy) is 1. The smallest absolute Gasteiger partial charge is 0.305 e. The minimum atomic E-state index is -0.274. The van der Waals surface area contributed by atoms with Gasteiger partial charge in [0.05, 0.1) is 5.69 Å². The van der Waals surface area contributed by atoms with E-state index in [4.69, 9.17) is 4.74 Å². The van der Waals surface area contributed by atoms with E-state index < -0.39 is 0 Å². The maximum absolute atomic E-state index is 13.0. The van der Waals surface area contributed by atoms with Crippen LogP contribution in [0.4, 0.5) is 22.7 Å². The molecule has 4 aromatic carbocycles. The SMILES string of the molecule is CCN1C(=O)/C(=C\c2ccc(N(c3ccccc3)c3ccccc3)cc2)O/C1=N\c1ccccc1C=O. The molecule has 1 saturated heterocycles. The van der Waals surface area contributed by atoms with Crippen molar-refractivity contribution in [1.82, 2.24) is 4.90 Å². The number of para-hydroxylation sites is 3. The summed E-state index contributed by atoms with van der Waals surface area (Å²) in [5.74, 6) is -0.0935. The van der Waals surface area contributed by atoms with Gasteiger partial charge in [0.2, 0.25) is 0 Å². The molecule has 4 aromatic rings. The third kappa shape index (κ3) is 5.04. The summed E-state index contributed by atoms with van der Waals surface area (Å²) >= 11 is 0. The molecule has 1 heterocycles.